The number of hydrogen-bond acceptors (Lipinski definition) is 2. The first-order chi connectivity index (χ1) is 13.7. The minimum atomic E-state index is 0.147. The number of benzene rings is 1. The van der Waals surface area contributed by atoms with Crippen molar-refractivity contribution in [1.82, 2.24) is 9.80 Å². The molecule has 1 aromatic rings. The Morgan fingerprint density at radius 2 is 1.21 bits per heavy atom. The number of piperidine rings is 1. The Balaban J connectivity index is 1.21. The summed E-state index contributed by atoms with van der Waals surface area (Å²) in [4.78, 5) is 29.7. The third kappa shape index (κ3) is 4.59. The molecule has 4 rings (SSSR count). The average molecular weight is 383 g/mol. The molecule has 0 aromatic heterocycles. The van der Waals surface area contributed by atoms with Crippen molar-refractivity contribution < 1.29 is 9.59 Å². The maximum absolute atomic E-state index is 13.0. The third-order valence-corrected chi connectivity index (χ3v) is 7.14. The van der Waals surface area contributed by atoms with Gasteiger partial charge in [-0.2, -0.15) is 0 Å². The van der Waals surface area contributed by atoms with Gasteiger partial charge in [0.05, 0.1) is 0 Å². The van der Waals surface area contributed by atoms with Crippen LogP contribution in [-0.2, 0) is 16.0 Å². The molecule has 4 heteroatoms. The first-order valence-corrected chi connectivity index (χ1v) is 11.3. The van der Waals surface area contributed by atoms with E-state index in [-0.39, 0.29) is 11.8 Å². The lowest BCUT2D eigenvalue weighted by Crippen LogP contribution is -2.44. The summed E-state index contributed by atoms with van der Waals surface area (Å²) in [6, 6.07) is 10.7. The summed E-state index contributed by atoms with van der Waals surface area (Å²) in [5.74, 6) is 1.71. The number of rotatable bonds is 4. The van der Waals surface area contributed by atoms with E-state index in [1.807, 2.05) is 4.90 Å². The van der Waals surface area contributed by atoms with Crippen LogP contribution in [0.2, 0.25) is 0 Å². The predicted octanol–water partition coefficient (Wildman–Crippen LogP) is 3.90. The molecule has 3 fully saturated rings. The molecule has 1 aliphatic carbocycles. The molecule has 0 radical (unpaired) electrons. The normalized spacial score (nSPS) is 26.4. The van der Waals surface area contributed by atoms with Crippen LogP contribution >= 0.6 is 0 Å². The molecule has 3 aliphatic rings. The molecular weight excluding hydrogens is 348 g/mol. The van der Waals surface area contributed by atoms with E-state index >= 15 is 0 Å². The van der Waals surface area contributed by atoms with Crippen molar-refractivity contribution in [2.45, 2.75) is 57.8 Å². The lowest BCUT2D eigenvalue weighted by Gasteiger charge is -2.36. The van der Waals surface area contributed by atoms with Crippen LogP contribution in [-0.4, -0.2) is 47.8 Å². The van der Waals surface area contributed by atoms with Gasteiger partial charge in [0.1, 0.15) is 0 Å². The Kier molecular flexibility index (Phi) is 6.33. The van der Waals surface area contributed by atoms with Gasteiger partial charge in [-0.25, -0.2) is 0 Å². The molecule has 4 nitrogen and oxygen atoms in total. The van der Waals surface area contributed by atoms with Crippen LogP contribution in [0.5, 0.6) is 0 Å². The largest absolute Gasteiger partial charge is 0.342 e. The number of nitrogens with zero attached hydrogens (tertiary/aromatic N) is 2. The van der Waals surface area contributed by atoms with E-state index in [1.165, 1.54) is 5.56 Å². The highest BCUT2D eigenvalue weighted by atomic mass is 16.2. The van der Waals surface area contributed by atoms with Gasteiger partial charge in [-0.1, -0.05) is 30.3 Å². The van der Waals surface area contributed by atoms with Crippen molar-refractivity contribution in [3.8, 4) is 0 Å². The highest BCUT2D eigenvalue weighted by Crippen LogP contribution is 2.33. The number of amides is 2. The van der Waals surface area contributed by atoms with Crippen molar-refractivity contribution >= 4 is 11.8 Å². The topological polar surface area (TPSA) is 40.6 Å². The first-order valence-electron chi connectivity index (χ1n) is 11.3. The maximum atomic E-state index is 13.0. The fourth-order valence-corrected chi connectivity index (χ4v) is 5.35. The summed E-state index contributed by atoms with van der Waals surface area (Å²) >= 11 is 0. The lowest BCUT2D eigenvalue weighted by atomic mass is 9.80. The Bertz CT molecular complexity index is 652. The molecular formula is C24H34N2O2. The van der Waals surface area contributed by atoms with Gasteiger partial charge < -0.3 is 9.80 Å². The maximum Gasteiger partial charge on any atom is 0.225 e. The van der Waals surface area contributed by atoms with Crippen LogP contribution in [0.4, 0.5) is 0 Å². The Hall–Kier alpha value is -1.84. The second kappa shape index (κ2) is 9.11. The average Bonchev–Trinajstić information content (AvgIpc) is 3.29. The molecule has 1 aromatic carbocycles. The molecule has 152 valence electrons. The minimum absolute atomic E-state index is 0.147. The van der Waals surface area contributed by atoms with Crippen LogP contribution in [0.25, 0.3) is 0 Å². The molecule has 2 heterocycles. The third-order valence-electron chi connectivity index (χ3n) is 7.14. The molecule has 0 atom stereocenters. The molecule has 0 spiro atoms. The Morgan fingerprint density at radius 3 is 1.75 bits per heavy atom. The van der Waals surface area contributed by atoms with Crippen molar-refractivity contribution in [3.63, 3.8) is 0 Å². The number of hydrogen-bond donors (Lipinski definition) is 0. The van der Waals surface area contributed by atoms with Gasteiger partial charge in [-0.3, -0.25) is 9.59 Å². The summed E-state index contributed by atoms with van der Waals surface area (Å²) in [5.41, 5.74) is 1.41. The van der Waals surface area contributed by atoms with E-state index in [9.17, 15) is 9.59 Å². The number of likely N-dealkylation sites (tertiary alicyclic amines) is 2. The highest BCUT2D eigenvalue weighted by molar-refractivity contribution is 5.81. The van der Waals surface area contributed by atoms with Gasteiger partial charge in [0.15, 0.2) is 0 Å². The quantitative estimate of drug-likeness (QED) is 0.792. The van der Waals surface area contributed by atoms with Crippen molar-refractivity contribution in [1.29, 1.82) is 0 Å². The van der Waals surface area contributed by atoms with Crippen molar-refractivity contribution in [2.75, 3.05) is 26.2 Å². The molecule has 2 aliphatic heterocycles. The highest BCUT2D eigenvalue weighted by Gasteiger charge is 2.35. The number of carbonyl (C=O) groups is 2. The molecule has 2 amide bonds. The monoisotopic (exact) mass is 382 g/mol. The van der Waals surface area contributed by atoms with Gasteiger partial charge in [-0.05, 0) is 69.3 Å². The van der Waals surface area contributed by atoms with Crippen LogP contribution < -0.4 is 0 Å². The first kappa shape index (κ1) is 19.5. The standard InChI is InChI=1S/C24H34N2O2/c27-23(25-14-4-5-15-25)21-8-10-22(11-9-21)24(28)26-16-12-20(13-17-26)18-19-6-2-1-3-7-19/h1-3,6-7,20-22H,4-5,8-18H2. The van der Waals surface area contributed by atoms with E-state index in [4.69, 9.17) is 0 Å². The van der Waals surface area contributed by atoms with E-state index in [0.29, 0.717) is 17.7 Å². The predicted molar refractivity (Wildman–Crippen MR) is 111 cm³/mol. The molecule has 0 N–H and O–H groups in total. The van der Waals surface area contributed by atoms with Crippen LogP contribution in [0.15, 0.2) is 30.3 Å². The van der Waals surface area contributed by atoms with Crippen molar-refractivity contribution in [3.05, 3.63) is 35.9 Å². The van der Waals surface area contributed by atoms with Gasteiger partial charge in [0.25, 0.3) is 0 Å². The van der Waals surface area contributed by atoms with Gasteiger partial charge in [0.2, 0.25) is 11.8 Å². The molecule has 2 saturated heterocycles. The fourth-order valence-electron chi connectivity index (χ4n) is 5.35. The van der Waals surface area contributed by atoms with E-state index in [0.717, 1.165) is 84.0 Å². The van der Waals surface area contributed by atoms with E-state index in [1.54, 1.807) is 0 Å². The summed E-state index contributed by atoms with van der Waals surface area (Å²) in [6.07, 6.45) is 9.26. The zero-order valence-electron chi connectivity index (χ0n) is 17.0. The van der Waals surface area contributed by atoms with Gasteiger partial charge >= 0.3 is 0 Å². The fraction of sp³-hybridized carbons (Fsp3) is 0.667. The Labute approximate surface area is 169 Å². The van der Waals surface area contributed by atoms with E-state index in [2.05, 4.69) is 35.2 Å². The molecule has 1 saturated carbocycles. The van der Waals surface area contributed by atoms with E-state index < -0.39 is 0 Å². The van der Waals surface area contributed by atoms with Crippen LogP contribution in [0, 0.1) is 17.8 Å². The Morgan fingerprint density at radius 1 is 0.714 bits per heavy atom. The summed E-state index contributed by atoms with van der Waals surface area (Å²) in [7, 11) is 0. The molecule has 0 unspecified atom stereocenters. The van der Waals surface area contributed by atoms with Crippen LogP contribution in [0.1, 0.15) is 56.9 Å². The molecule has 28 heavy (non-hydrogen) atoms. The molecule has 0 bridgehead atoms. The SMILES string of the molecule is O=C(C1CCC(C(=O)N2CCC(Cc3ccccc3)CC2)CC1)N1CCCC1. The summed E-state index contributed by atoms with van der Waals surface area (Å²) in [5, 5.41) is 0. The second-order valence-electron chi connectivity index (χ2n) is 9.04. The van der Waals surface area contributed by atoms with Crippen molar-refractivity contribution in [2.24, 2.45) is 17.8 Å². The van der Waals surface area contributed by atoms with Gasteiger partial charge in [-0.15, -0.1) is 0 Å². The zero-order chi connectivity index (χ0) is 19.3. The zero-order valence-corrected chi connectivity index (χ0v) is 17.0. The lowest BCUT2D eigenvalue weighted by molar-refractivity contribution is -0.141. The summed E-state index contributed by atoms with van der Waals surface area (Å²) in [6.45, 7) is 3.69. The summed E-state index contributed by atoms with van der Waals surface area (Å²) < 4.78 is 0. The number of carbonyl (C=O) groups excluding carboxylic acids is 2. The van der Waals surface area contributed by atoms with Crippen LogP contribution in [0.3, 0.4) is 0 Å². The minimum Gasteiger partial charge on any atom is -0.342 e. The smallest absolute Gasteiger partial charge is 0.225 e. The van der Waals surface area contributed by atoms with Gasteiger partial charge in [0, 0.05) is 38.0 Å². The second-order valence-corrected chi connectivity index (χ2v) is 9.04.